The molecular formula is C19H22N2. The van der Waals surface area contributed by atoms with Crippen molar-refractivity contribution < 1.29 is 0 Å². The van der Waals surface area contributed by atoms with Crippen LogP contribution in [0.15, 0.2) is 48.8 Å². The van der Waals surface area contributed by atoms with Gasteiger partial charge in [0, 0.05) is 23.8 Å². The van der Waals surface area contributed by atoms with Crippen LogP contribution >= 0.6 is 0 Å². The Labute approximate surface area is 127 Å². The van der Waals surface area contributed by atoms with Crippen LogP contribution in [0, 0.1) is 27.7 Å². The van der Waals surface area contributed by atoms with Crippen LogP contribution in [0.4, 0.5) is 11.4 Å². The van der Waals surface area contributed by atoms with Gasteiger partial charge < -0.3 is 9.80 Å². The Morgan fingerprint density at radius 3 is 1.29 bits per heavy atom. The summed E-state index contributed by atoms with van der Waals surface area (Å²) in [7, 11) is 0. The molecule has 3 rings (SSSR count). The Kier molecular flexibility index (Phi) is 3.46. The minimum atomic E-state index is 0.872. The molecule has 2 aromatic carbocycles. The van der Waals surface area contributed by atoms with Crippen LogP contribution in [-0.2, 0) is 0 Å². The number of anilines is 2. The van der Waals surface area contributed by atoms with Gasteiger partial charge in [-0.3, -0.25) is 0 Å². The van der Waals surface area contributed by atoms with E-state index in [1.54, 1.807) is 0 Å². The highest BCUT2D eigenvalue weighted by molar-refractivity contribution is 5.68. The van der Waals surface area contributed by atoms with Crippen molar-refractivity contribution in [1.82, 2.24) is 0 Å². The summed E-state index contributed by atoms with van der Waals surface area (Å²) >= 11 is 0. The standard InChI is InChI=1S/C19H22N2/c1-14-7-5-8-15(2)18(14)20-11-12-21(13-20)19-16(3)9-6-10-17(19)4/h5-12H,13H2,1-4H3. The average molecular weight is 278 g/mol. The molecule has 0 atom stereocenters. The van der Waals surface area contributed by atoms with Crippen molar-refractivity contribution in [3.05, 3.63) is 71.1 Å². The third kappa shape index (κ3) is 2.42. The molecule has 0 amide bonds. The molecule has 2 nitrogen and oxygen atoms in total. The van der Waals surface area contributed by atoms with Gasteiger partial charge in [-0.15, -0.1) is 0 Å². The maximum Gasteiger partial charge on any atom is 0.0989 e. The molecule has 2 heteroatoms. The number of para-hydroxylation sites is 2. The van der Waals surface area contributed by atoms with E-state index in [9.17, 15) is 0 Å². The van der Waals surface area contributed by atoms with Crippen molar-refractivity contribution >= 4 is 11.4 Å². The summed E-state index contributed by atoms with van der Waals surface area (Å²) in [6.45, 7) is 9.59. The van der Waals surface area contributed by atoms with Gasteiger partial charge in [-0.1, -0.05) is 36.4 Å². The van der Waals surface area contributed by atoms with E-state index in [2.05, 4.69) is 86.3 Å². The topological polar surface area (TPSA) is 6.48 Å². The lowest BCUT2D eigenvalue weighted by Crippen LogP contribution is -2.26. The van der Waals surface area contributed by atoms with Crippen LogP contribution < -0.4 is 9.80 Å². The van der Waals surface area contributed by atoms with Crippen LogP contribution in [0.25, 0.3) is 0 Å². The van der Waals surface area contributed by atoms with Crippen molar-refractivity contribution in [2.45, 2.75) is 27.7 Å². The van der Waals surface area contributed by atoms with E-state index in [0.29, 0.717) is 0 Å². The second kappa shape index (κ2) is 5.28. The molecule has 0 saturated carbocycles. The highest BCUT2D eigenvalue weighted by Crippen LogP contribution is 2.32. The van der Waals surface area contributed by atoms with Gasteiger partial charge in [0.2, 0.25) is 0 Å². The fourth-order valence-electron chi connectivity index (χ4n) is 3.23. The Balaban J connectivity index is 1.92. The van der Waals surface area contributed by atoms with Crippen LogP contribution in [0.1, 0.15) is 22.3 Å². The molecule has 2 aromatic rings. The summed E-state index contributed by atoms with van der Waals surface area (Å²) in [5, 5.41) is 0. The van der Waals surface area contributed by atoms with Gasteiger partial charge in [-0.2, -0.15) is 0 Å². The Bertz CT molecular complexity index is 601. The fraction of sp³-hybridized carbons (Fsp3) is 0.263. The molecule has 0 saturated heterocycles. The first kappa shape index (κ1) is 13.7. The highest BCUT2D eigenvalue weighted by atomic mass is 15.3. The maximum absolute atomic E-state index is 2.33. The number of benzene rings is 2. The SMILES string of the molecule is Cc1cccc(C)c1N1C=CN(c2c(C)cccc2C)C1. The van der Waals surface area contributed by atoms with Gasteiger partial charge in [-0.05, 0) is 49.9 Å². The molecular weight excluding hydrogens is 256 g/mol. The van der Waals surface area contributed by atoms with Gasteiger partial charge in [0.25, 0.3) is 0 Å². The molecule has 0 fully saturated rings. The van der Waals surface area contributed by atoms with Gasteiger partial charge in [-0.25, -0.2) is 0 Å². The zero-order chi connectivity index (χ0) is 15.0. The molecule has 1 aliphatic rings. The van der Waals surface area contributed by atoms with Crippen molar-refractivity contribution in [2.75, 3.05) is 16.5 Å². The Morgan fingerprint density at radius 2 is 0.952 bits per heavy atom. The largest absolute Gasteiger partial charge is 0.328 e. The lowest BCUT2D eigenvalue weighted by Gasteiger charge is -2.26. The zero-order valence-electron chi connectivity index (χ0n) is 13.2. The van der Waals surface area contributed by atoms with Crippen molar-refractivity contribution in [1.29, 1.82) is 0 Å². The minimum absolute atomic E-state index is 0.872. The predicted octanol–water partition coefficient (Wildman–Crippen LogP) is 4.68. The molecule has 0 N–H and O–H groups in total. The number of nitrogens with zero attached hydrogens (tertiary/aromatic N) is 2. The van der Waals surface area contributed by atoms with Crippen LogP contribution in [0.3, 0.4) is 0 Å². The van der Waals surface area contributed by atoms with E-state index < -0.39 is 0 Å². The summed E-state index contributed by atoms with van der Waals surface area (Å²) in [4.78, 5) is 4.66. The van der Waals surface area contributed by atoms with Crippen LogP contribution in [0.2, 0.25) is 0 Å². The van der Waals surface area contributed by atoms with E-state index in [1.165, 1.54) is 33.6 Å². The first-order valence-electron chi connectivity index (χ1n) is 7.42. The second-order valence-corrected chi connectivity index (χ2v) is 5.86. The van der Waals surface area contributed by atoms with E-state index in [-0.39, 0.29) is 0 Å². The average Bonchev–Trinajstić information content (AvgIpc) is 2.87. The smallest absolute Gasteiger partial charge is 0.0989 e. The summed E-state index contributed by atoms with van der Waals surface area (Å²) in [5.74, 6) is 0. The third-order valence-electron chi connectivity index (χ3n) is 4.18. The quantitative estimate of drug-likeness (QED) is 0.787. The predicted molar refractivity (Wildman–Crippen MR) is 90.8 cm³/mol. The van der Waals surface area contributed by atoms with Crippen molar-refractivity contribution in [3.8, 4) is 0 Å². The Hall–Kier alpha value is -2.22. The summed E-state index contributed by atoms with van der Waals surface area (Å²) < 4.78 is 0. The summed E-state index contributed by atoms with van der Waals surface area (Å²) in [6.07, 6.45) is 4.36. The molecule has 0 bridgehead atoms. The monoisotopic (exact) mass is 278 g/mol. The zero-order valence-corrected chi connectivity index (χ0v) is 13.2. The maximum atomic E-state index is 2.33. The molecule has 0 aromatic heterocycles. The molecule has 1 aliphatic heterocycles. The van der Waals surface area contributed by atoms with Crippen molar-refractivity contribution in [3.63, 3.8) is 0 Å². The molecule has 108 valence electrons. The minimum Gasteiger partial charge on any atom is -0.328 e. The lowest BCUT2D eigenvalue weighted by atomic mass is 10.1. The number of hydrogen-bond acceptors (Lipinski definition) is 2. The van der Waals surface area contributed by atoms with E-state index >= 15 is 0 Å². The lowest BCUT2D eigenvalue weighted by molar-refractivity contribution is 0.956. The van der Waals surface area contributed by atoms with Crippen LogP contribution in [-0.4, -0.2) is 6.67 Å². The molecule has 0 radical (unpaired) electrons. The molecule has 1 heterocycles. The van der Waals surface area contributed by atoms with Gasteiger partial charge >= 0.3 is 0 Å². The van der Waals surface area contributed by atoms with Gasteiger partial charge in [0.05, 0.1) is 6.67 Å². The van der Waals surface area contributed by atoms with Crippen LogP contribution in [0.5, 0.6) is 0 Å². The number of hydrogen-bond donors (Lipinski definition) is 0. The molecule has 0 spiro atoms. The van der Waals surface area contributed by atoms with Gasteiger partial charge in [0.15, 0.2) is 0 Å². The van der Waals surface area contributed by atoms with E-state index in [1.807, 2.05) is 0 Å². The fourth-order valence-corrected chi connectivity index (χ4v) is 3.23. The van der Waals surface area contributed by atoms with E-state index in [4.69, 9.17) is 0 Å². The summed E-state index contributed by atoms with van der Waals surface area (Å²) in [5.41, 5.74) is 7.93. The van der Waals surface area contributed by atoms with Crippen molar-refractivity contribution in [2.24, 2.45) is 0 Å². The normalized spacial score (nSPS) is 14.1. The third-order valence-corrected chi connectivity index (χ3v) is 4.18. The first-order chi connectivity index (χ1) is 10.1. The highest BCUT2D eigenvalue weighted by Gasteiger charge is 2.20. The number of aryl methyl sites for hydroxylation is 4. The molecule has 21 heavy (non-hydrogen) atoms. The molecule has 0 aliphatic carbocycles. The Morgan fingerprint density at radius 1 is 0.619 bits per heavy atom. The number of rotatable bonds is 2. The van der Waals surface area contributed by atoms with E-state index in [0.717, 1.165) is 6.67 Å². The summed E-state index contributed by atoms with van der Waals surface area (Å²) in [6, 6.07) is 13.0. The first-order valence-corrected chi connectivity index (χ1v) is 7.42. The molecule has 0 unspecified atom stereocenters. The van der Waals surface area contributed by atoms with Gasteiger partial charge in [0.1, 0.15) is 0 Å². The second-order valence-electron chi connectivity index (χ2n) is 5.86.